The summed E-state index contributed by atoms with van der Waals surface area (Å²) < 4.78 is 0. The molecule has 3 N–H and O–H groups in total. The minimum Gasteiger partial charge on any atom is -0.395 e. The molecule has 0 saturated carbocycles. The highest BCUT2D eigenvalue weighted by molar-refractivity contribution is 4.76. The molecule has 0 aromatic heterocycles. The normalized spacial score (nSPS) is 23.2. The smallest absolute Gasteiger partial charge is 0.0583 e. The van der Waals surface area contributed by atoms with Crippen LogP contribution in [-0.4, -0.2) is 66.3 Å². The second-order valence-electron chi connectivity index (χ2n) is 4.87. The predicted octanol–water partition coefficient (Wildman–Crippen LogP) is 0.112. The van der Waals surface area contributed by atoms with Crippen LogP contribution in [0.25, 0.3) is 0 Å². The van der Waals surface area contributed by atoms with Gasteiger partial charge in [0.25, 0.3) is 0 Å². The Morgan fingerprint density at radius 1 is 1.25 bits per heavy atom. The van der Waals surface area contributed by atoms with Crippen LogP contribution in [0.4, 0.5) is 0 Å². The van der Waals surface area contributed by atoms with Crippen molar-refractivity contribution in [3.63, 3.8) is 0 Å². The van der Waals surface area contributed by atoms with Gasteiger partial charge >= 0.3 is 0 Å². The molecule has 0 spiro atoms. The van der Waals surface area contributed by atoms with Gasteiger partial charge in [-0.15, -0.1) is 0 Å². The highest BCUT2D eigenvalue weighted by Crippen LogP contribution is 2.09. The number of rotatable bonds is 6. The topological polar surface area (TPSA) is 52.7 Å². The molecule has 0 aliphatic carbocycles. The Bertz CT molecular complexity index is 181. The lowest BCUT2D eigenvalue weighted by atomic mass is 10.1. The monoisotopic (exact) mass is 229 g/mol. The average Bonchev–Trinajstić information content (AvgIpc) is 2.35. The van der Waals surface area contributed by atoms with E-state index in [1.165, 1.54) is 19.5 Å². The summed E-state index contributed by atoms with van der Waals surface area (Å²) in [5, 5.41) is 8.86. The molecule has 16 heavy (non-hydrogen) atoms. The van der Waals surface area contributed by atoms with Gasteiger partial charge in [-0.25, -0.2) is 0 Å². The van der Waals surface area contributed by atoms with Gasteiger partial charge in [0.05, 0.1) is 6.61 Å². The highest BCUT2D eigenvalue weighted by atomic mass is 16.3. The number of aliphatic hydroxyl groups excluding tert-OH is 1. The summed E-state index contributed by atoms with van der Waals surface area (Å²) in [7, 11) is 0. The highest BCUT2D eigenvalue weighted by Gasteiger charge is 2.19. The zero-order valence-corrected chi connectivity index (χ0v) is 10.7. The first-order valence-corrected chi connectivity index (χ1v) is 6.50. The van der Waals surface area contributed by atoms with Crippen LogP contribution in [0.15, 0.2) is 0 Å². The first-order valence-electron chi connectivity index (χ1n) is 6.50. The van der Waals surface area contributed by atoms with Gasteiger partial charge in [-0.2, -0.15) is 0 Å². The molecule has 0 radical (unpaired) electrons. The first-order chi connectivity index (χ1) is 7.67. The molecular formula is C12H27N3O. The molecule has 1 fully saturated rings. The van der Waals surface area contributed by atoms with Crippen LogP contribution in [-0.2, 0) is 0 Å². The fourth-order valence-electron chi connectivity index (χ4n) is 2.13. The van der Waals surface area contributed by atoms with Crippen LogP contribution in [0, 0.1) is 0 Å². The van der Waals surface area contributed by atoms with E-state index >= 15 is 0 Å². The fourth-order valence-corrected chi connectivity index (χ4v) is 2.13. The van der Waals surface area contributed by atoms with Crippen LogP contribution in [0.1, 0.15) is 26.7 Å². The summed E-state index contributed by atoms with van der Waals surface area (Å²) in [6, 6.07) is 0.662. The minimum atomic E-state index is -0.0485. The summed E-state index contributed by atoms with van der Waals surface area (Å²) >= 11 is 0. The first kappa shape index (κ1) is 13.9. The molecule has 2 unspecified atom stereocenters. The summed E-state index contributed by atoms with van der Waals surface area (Å²) in [6.07, 6.45) is 2.13. The van der Waals surface area contributed by atoms with Gasteiger partial charge in [0.2, 0.25) is 0 Å². The predicted molar refractivity (Wildman–Crippen MR) is 67.4 cm³/mol. The molecule has 4 nitrogen and oxygen atoms in total. The lowest BCUT2D eigenvalue weighted by Crippen LogP contribution is -2.50. The van der Waals surface area contributed by atoms with Gasteiger partial charge in [-0.3, -0.25) is 4.90 Å². The molecule has 0 bridgehead atoms. The van der Waals surface area contributed by atoms with Crippen molar-refractivity contribution in [3.8, 4) is 0 Å². The Morgan fingerprint density at radius 3 is 2.38 bits per heavy atom. The fraction of sp³-hybridized carbons (Fsp3) is 1.00. The van der Waals surface area contributed by atoms with Gasteiger partial charge in [0, 0.05) is 38.3 Å². The molecule has 1 aliphatic rings. The largest absolute Gasteiger partial charge is 0.395 e. The third-order valence-corrected chi connectivity index (χ3v) is 3.67. The van der Waals surface area contributed by atoms with Crippen molar-refractivity contribution in [1.82, 2.24) is 9.80 Å². The molecule has 1 heterocycles. The maximum atomic E-state index is 8.86. The van der Waals surface area contributed by atoms with Crippen LogP contribution in [0.5, 0.6) is 0 Å². The van der Waals surface area contributed by atoms with E-state index in [2.05, 4.69) is 23.6 Å². The van der Waals surface area contributed by atoms with Crippen LogP contribution >= 0.6 is 0 Å². The molecule has 0 amide bonds. The molecule has 1 saturated heterocycles. The van der Waals surface area contributed by atoms with Gasteiger partial charge < -0.3 is 15.7 Å². The third-order valence-electron chi connectivity index (χ3n) is 3.67. The molecular weight excluding hydrogens is 202 g/mol. The number of aliphatic hydroxyl groups is 1. The van der Waals surface area contributed by atoms with Crippen LogP contribution in [0.2, 0.25) is 0 Å². The van der Waals surface area contributed by atoms with Crippen molar-refractivity contribution >= 4 is 0 Å². The van der Waals surface area contributed by atoms with Gasteiger partial charge in [-0.1, -0.05) is 6.92 Å². The van der Waals surface area contributed by atoms with E-state index in [1.54, 1.807) is 0 Å². The number of nitrogens with zero attached hydrogens (tertiary/aromatic N) is 2. The van der Waals surface area contributed by atoms with Gasteiger partial charge in [0.1, 0.15) is 0 Å². The van der Waals surface area contributed by atoms with Crippen molar-refractivity contribution in [3.05, 3.63) is 0 Å². The second-order valence-corrected chi connectivity index (χ2v) is 4.87. The molecule has 96 valence electrons. The molecule has 0 aromatic carbocycles. The van der Waals surface area contributed by atoms with E-state index in [0.717, 1.165) is 26.1 Å². The Hall–Kier alpha value is -0.160. The van der Waals surface area contributed by atoms with Crippen molar-refractivity contribution in [2.24, 2.45) is 5.73 Å². The van der Waals surface area contributed by atoms with E-state index in [-0.39, 0.29) is 12.6 Å². The van der Waals surface area contributed by atoms with Gasteiger partial charge in [-0.05, 0) is 26.3 Å². The van der Waals surface area contributed by atoms with E-state index in [0.29, 0.717) is 6.04 Å². The van der Waals surface area contributed by atoms with E-state index in [1.807, 2.05) is 0 Å². The third kappa shape index (κ3) is 4.37. The van der Waals surface area contributed by atoms with Crippen molar-refractivity contribution in [2.75, 3.05) is 39.3 Å². The maximum absolute atomic E-state index is 8.86. The van der Waals surface area contributed by atoms with Gasteiger partial charge in [0.15, 0.2) is 0 Å². The van der Waals surface area contributed by atoms with Crippen molar-refractivity contribution in [2.45, 2.75) is 38.8 Å². The molecule has 0 aromatic rings. The SMILES string of the molecule is CCC(C)N1CCN(CCC(N)CO)CC1. The maximum Gasteiger partial charge on any atom is 0.0583 e. The van der Waals surface area contributed by atoms with Crippen molar-refractivity contribution < 1.29 is 5.11 Å². The molecule has 2 atom stereocenters. The number of hydrogen-bond donors (Lipinski definition) is 2. The van der Waals surface area contributed by atoms with E-state index < -0.39 is 0 Å². The average molecular weight is 229 g/mol. The second kappa shape index (κ2) is 7.22. The summed E-state index contributed by atoms with van der Waals surface area (Å²) in [4.78, 5) is 5.01. The lowest BCUT2D eigenvalue weighted by Gasteiger charge is -2.38. The summed E-state index contributed by atoms with van der Waals surface area (Å²) in [6.45, 7) is 10.3. The zero-order valence-electron chi connectivity index (χ0n) is 10.7. The Balaban J connectivity index is 2.17. The number of piperazine rings is 1. The van der Waals surface area contributed by atoms with E-state index in [4.69, 9.17) is 10.8 Å². The Labute approximate surface area is 99.4 Å². The standard InChI is InChI=1S/C12H27N3O/c1-3-11(2)15-8-6-14(7-9-15)5-4-12(13)10-16/h11-12,16H,3-10,13H2,1-2H3. The number of nitrogens with two attached hydrogens (primary N) is 1. The van der Waals surface area contributed by atoms with Crippen molar-refractivity contribution in [1.29, 1.82) is 0 Å². The molecule has 1 rings (SSSR count). The molecule has 4 heteroatoms. The summed E-state index contributed by atoms with van der Waals surface area (Å²) in [5.41, 5.74) is 5.70. The minimum absolute atomic E-state index is 0.0485. The quantitative estimate of drug-likeness (QED) is 0.679. The summed E-state index contributed by atoms with van der Waals surface area (Å²) in [5.74, 6) is 0. The zero-order chi connectivity index (χ0) is 12.0. The number of hydrogen-bond acceptors (Lipinski definition) is 4. The molecule has 1 aliphatic heterocycles. The Kier molecular flexibility index (Phi) is 6.28. The van der Waals surface area contributed by atoms with E-state index in [9.17, 15) is 0 Å². The van der Waals surface area contributed by atoms with Crippen LogP contribution < -0.4 is 5.73 Å². The Morgan fingerprint density at radius 2 is 1.88 bits per heavy atom. The van der Waals surface area contributed by atoms with Crippen LogP contribution in [0.3, 0.4) is 0 Å². The lowest BCUT2D eigenvalue weighted by molar-refractivity contribution is 0.0968.